The molecule has 0 aliphatic heterocycles. The molecule has 0 aromatic rings. The van der Waals surface area contributed by atoms with Crippen LogP contribution in [0.1, 0.15) is 8.22 Å². The standard InChI is InChI=1S/C12H33ISi4/c1-14(2,3)12(15(4,5)6,16(7,8)9)17(10,11)13/h1-11H3/i1D3,2D3. The average molecular weight is 423 g/mol. The minimum Gasteiger partial charge on any atom is -0.120 e. The lowest BCUT2D eigenvalue weighted by molar-refractivity contribution is 1.20. The summed E-state index contributed by atoms with van der Waals surface area (Å²) in [5.74, 6) is 0. The van der Waals surface area contributed by atoms with Gasteiger partial charge in [0, 0.05) is 32.4 Å². The van der Waals surface area contributed by atoms with Gasteiger partial charge in [0.1, 0.15) is 5.57 Å². The minimum absolute atomic E-state index is 0.447. The van der Waals surface area contributed by atoms with Crippen LogP contribution in [0.25, 0.3) is 0 Å². The summed E-state index contributed by atoms with van der Waals surface area (Å²) in [5, 5.41) is 0. The van der Waals surface area contributed by atoms with Gasteiger partial charge in [-0.3, -0.25) is 0 Å². The summed E-state index contributed by atoms with van der Waals surface area (Å²) in [6.07, 6.45) is 0. The molecule has 0 spiro atoms. The Hall–Kier alpha value is 1.60. The van der Waals surface area contributed by atoms with Gasteiger partial charge in [0.2, 0.25) is 0 Å². The first kappa shape index (κ1) is 10.3. The molecule has 0 rings (SSSR count). The second kappa shape index (κ2) is 4.86. The van der Waals surface area contributed by atoms with Gasteiger partial charge in [-0.15, -0.1) is 21.8 Å². The van der Waals surface area contributed by atoms with E-state index in [-0.39, 0.29) is 0 Å². The van der Waals surface area contributed by atoms with E-state index in [0.717, 1.165) is 0 Å². The second-order valence-corrected chi connectivity index (χ2v) is 36.1. The zero-order valence-electron chi connectivity index (χ0n) is 18.9. The smallest absolute Gasteiger partial charge is 0.118 e. The van der Waals surface area contributed by atoms with E-state index in [1.807, 2.05) is 0 Å². The van der Waals surface area contributed by atoms with Crippen LogP contribution in [0.5, 0.6) is 0 Å². The van der Waals surface area contributed by atoms with E-state index in [2.05, 4.69) is 74.2 Å². The van der Waals surface area contributed by atoms with Crippen molar-refractivity contribution in [2.45, 2.75) is 75.8 Å². The lowest BCUT2D eigenvalue weighted by Crippen LogP contribution is -2.74. The third-order valence-electron chi connectivity index (χ3n) is 3.89. The lowest BCUT2D eigenvalue weighted by atomic mass is 11.6. The molecule has 0 radical (unpaired) electrons. The fraction of sp³-hybridized carbons (Fsp3) is 1.00. The van der Waals surface area contributed by atoms with Gasteiger partial charge in [0.25, 0.3) is 0 Å². The number of hydrogen-bond donors (Lipinski definition) is 0. The zero-order chi connectivity index (χ0) is 19.5. The first-order valence-electron chi connectivity index (χ1n) is 9.19. The summed E-state index contributed by atoms with van der Waals surface area (Å²) in [6.45, 7) is 14.6. The molecule has 5 heteroatoms. The highest BCUT2D eigenvalue weighted by atomic mass is 127. The summed E-state index contributed by atoms with van der Waals surface area (Å²) in [6, 6.07) is 0. The van der Waals surface area contributed by atoms with E-state index >= 15 is 0 Å². The second-order valence-electron chi connectivity index (χ2n) is 7.85. The van der Waals surface area contributed by atoms with Gasteiger partial charge in [-0.1, -0.05) is 71.9 Å². The molecule has 0 saturated heterocycles. The third kappa shape index (κ3) is 3.03. The number of hydrogen-bond acceptors (Lipinski definition) is 0. The van der Waals surface area contributed by atoms with Crippen LogP contribution in [-0.2, 0) is 0 Å². The highest BCUT2D eigenvalue weighted by molar-refractivity contribution is 14.1. The molecule has 0 saturated carbocycles. The lowest BCUT2D eigenvalue weighted by Gasteiger charge is -2.64. The Kier molecular flexibility index (Phi) is 2.95. The molecule has 0 nitrogen and oxygen atoms in total. The van der Waals surface area contributed by atoms with E-state index in [0.29, 0.717) is 0 Å². The van der Waals surface area contributed by atoms with E-state index in [9.17, 15) is 0 Å². The number of rotatable bonds is 4. The van der Waals surface area contributed by atoms with Gasteiger partial charge >= 0.3 is 0 Å². The Balaban J connectivity index is 7.46. The molecular weight excluding hydrogens is 383 g/mol. The topological polar surface area (TPSA) is 0 Å². The van der Waals surface area contributed by atoms with Gasteiger partial charge in [0.05, 0.1) is 0 Å². The maximum atomic E-state index is 8.34. The largest absolute Gasteiger partial charge is 0.120 e. The Labute approximate surface area is 135 Å². The van der Waals surface area contributed by atoms with Crippen molar-refractivity contribution in [2.24, 2.45) is 0 Å². The van der Waals surface area contributed by atoms with Crippen LogP contribution in [0.15, 0.2) is 0 Å². The maximum absolute atomic E-state index is 8.34. The summed E-state index contributed by atoms with van der Waals surface area (Å²) in [5.41, 5.74) is -2.13. The fourth-order valence-corrected chi connectivity index (χ4v) is 64.4. The van der Waals surface area contributed by atoms with Crippen molar-refractivity contribution < 1.29 is 8.22 Å². The van der Waals surface area contributed by atoms with Gasteiger partial charge in [0.15, 0.2) is 0 Å². The molecule has 0 bridgehead atoms. The predicted octanol–water partition coefficient (Wildman–Crippen LogP) is 6.00. The first-order valence-corrected chi connectivity index (χ1v) is 21.8. The maximum Gasteiger partial charge on any atom is 0.118 e. The van der Waals surface area contributed by atoms with Crippen molar-refractivity contribution in [3.63, 3.8) is 0 Å². The monoisotopic (exact) mass is 422 g/mol. The predicted molar refractivity (Wildman–Crippen MR) is 104 cm³/mol. The van der Waals surface area contributed by atoms with Crippen molar-refractivity contribution >= 4 is 51.6 Å². The molecule has 104 valence electrons. The quantitative estimate of drug-likeness (QED) is 0.296. The number of halogens is 1. The van der Waals surface area contributed by atoms with Crippen LogP contribution in [0, 0.1) is 0 Å². The minimum atomic E-state index is -3.66. The Bertz CT molecular complexity index is 389. The molecule has 0 atom stereocenters. The van der Waals surface area contributed by atoms with Crippen LogP contribution >= 0.6 is 21.8 Å². The summed E-state index contributed by atoms with van der Waals surface area (Å²) < 4.78 is 49.6. The van der Waals surface area contributed by atoms with E-state index in [1.54, 1.807) is 6.55 Å². The molecule has 0 aliphatic rings. The molecule has 0 N–H and O–H groups in total. The molecule has 0 heterocycles. The average Bonchev–Trinajstić information content (AvgIpc) is 2.05. The van der Waals surface area contributed by atoms with E-state index in [1.165, 1.54) is 0 Å². The molecule has 17 heavy (non-hydrogen) atoms. The van der Waals surface area contributed by atoms with Gasteiger partial charge < -0.3 is 0 Å². The fourth-order valence-electron chi connectivity index (χ4n) is 5.00. The van der Waals surface area contributed by atoms with Crippen molar-refractivity contribution in [2.75, 3.05) is 0 Å². The molecule has 0 aromatic heterocycles. The van der Waals surface area contributed by atoms with E-state index in [4.69, 9.17) is 8.22 Å². The first-order chi connectivity index (χ1) is 9.50. The Morgan fingerprint density at radius 2 is 1.00 bits per heavy atom. The Morgan fingerprint density at radius 1 is 0.706 bits per heavy atom. The summed E-state index contributed by atoms with van der Waals surface area (Å²) in [4.78, 5) is 0. The van der Waals surface area contributed by atoms with Crippen LogP contribution in [0.4, 0.5) is 0 Å². The molecule has 0 aliphatic carbocycles. The van der Waals surface area contributed by atoms with Crippen LogP contribution in [0.2, 0.25) is 75.8 Å². The third-order valence-corrected chi connectivity index (χ3v) is 42.3. The Morgan fingerprint density at radius 3 is 1.06 bits per heavy atom. The SMILES string of the molecule is [2H]C([2H])([2H])[Si](C)(C([2H])([2H])[2H])C([Si](C)(C)C)([Si](C)(C)C)[Si](C)(C)I. The normalized spacial score (nSPS) is 22.9. The van der Waals surface area contributed by atoms with Crippen LogP contribution in [0.3, 0.4) is 0 Å². The summed E-state index contributed by atoms with van der Waals surface area (Å²) in [7, 11) is -7.87. The van der Waals surface area contributed by atoms with Crippen LogP contribution < -0.4 is 0 Å². The zero-order valence-corrected chi connectivity index (χ0v) is 19.0. The van der Waals surface area contributed by atoms with Crippen molar-refractivity contribution in [3.8, 4) is 0 Å². The van der Waals surface area contributed by atoms with Crippen molar-refractivity contribution in [1.82, 2.24) is 0 Å². The van der Waals surface area contributed by atoms with Crippen LogP contribution in [-0.4, -0.2) is 29.8 Å². The van der Waals surface area contributed by atoms with Crippen molar-refractivity contribution in [3.05, 3.63) is 0 Å². The molecule has 0 aromatic carbocycles. The molecule has 0 unspecified atom stereocenters. The van der Waals surface area contributed by atoms with Gasteiger partial charge in [-0.05, 0) is 3.91 Å². The van der Waals surface area contributed by atoms with Gasteiger partial charge in [-0.2, -0.15) is 0 Å². The van der Waals surface area contributed by atoms with Gasteiger partial charge in [-0.25, -0.2) is 0 Å². The highest BCUT2D eigenvalue weighted by Gasteiger charge is 2.66. The molecule has 0 fully saturated rings. The summed E-state index contributed by atoms with van der Waals surface area (Å²) >= 11 is 2.49. The van der Waals surface area contributed by atoms with Crippen molar-refractivity contribution in [1.29, 1.82) is 0 Å². The molecule has 0 amide bonds. The van der Waals surface area contributed by atoms with E-state index < -0.39 is 46.7 Å². The molecular formula is C12H33ISi4. The highest BCUT2D eigenvalue weighted by Crippen LogP contribution is 2.61.